The summed E-state index contributed by atoms with van der Waals surface area (Å²) >= 11 is 0. The predicted octanol–water partition coefficient (Wildman–Crippen LogP) is 0.856. The van der Waals surface area contributed by atoms with Crippen molar-refractivity contribution in [2.75, 3.05) is 13.1 Å². The van der Waals surface area contributed by atoms with Gasteiger partial charge in [0.15, 0.2) is 0 Å². The van der Waals surface area contributed by atoms with Crippen molar-refractivity contribution in [2.24, 2.45) is 0 Å². The second kappa shape index (κ2) is 3.96. The van der Waals surface area contributed by atoms with Crippen LogP contribution in [0.1, 0.15) is 19.3 Å². The zero-order valence-electron chi connectivity index (χ0n) is 8.15. The van der Waals surface area contributed by atoms with E-state index in [-0.39, 0.29) is 5.91 Å². The van der Waals surface area contributed by atoms with Gasteiger partial charge >= 0.3 is 0 Å². The van der Waals surface area contributed by atoms with Crippen molar-refractivity contribution in [1.29, 1.82) is 0 Å². The highest BCUT2D eigenvalue weighted by Crippen LogP contribution is 2.16. The molecule has 3 heteroatoms. The van der Waals surface area contributed by atoms with Gasteiger partial charge in [-0.1, -0.05) is 12.2 Å². The van der Waals surface area contributed by atoms with Crippen LogP contribution in [0.15, 0.2) is 23.8 Å². The van der Waals surface area contributed by atoms with Crippen LogP contribution < -0.4 is 0 Å². The van der Waals surface area contributed by atoms with Crippen molar-refractivity contribution < 1.29 is 9.90 Å². The highest BCUT2D eigenvalue weighted by atomic mass is 16.3. The van der Waals surface area contributed by atoms with Crippen LogP contribution in [0.25, 0.3) is 0 Å². The molecule has 0 spiro atoms. The van der Waals surface area contributed by atoms with Crippen LogP contribution in [0, 0.1) is 0 Å². The van der Waals surface area contributed by atoms with Gasteiger partial charge in [0.05, 0.1) is 6.10 Å². The van der Waals surface area contributed by atoms with E-state index in [1.165, 1.54) is 0 Å². The third kappa shape index (κ3) is 1.87. The molecule has 0 aromatic carbocycles. The van der Waals surface area contributed by atoms with Crippen LogP contribution in [0.3, 0.4) is 0 Å². The van der Waals surface area contributed by atoms with Crippen molar-refractivity contribution in [3.63, 3.8) is 0 Å². The molecule has 2 rings (SSSR count). The molecule has 1 aliphatic carbocycles. The second-order valence-corrected chi connectivity index (χ2v) is 3.83. The van der Waals surface area contributed by atoms with Gasteiger partial charge in [-0.2, -0.15) is 0 Å². The lowest BCUT2D eigenvalue weighted by Crippen LogP contribution is -2.29. The second-order valence-electron chi connectivity index (χ2n) is 3.83. The van der Waals surface area contributed by atoms with Gasteiger partial charge in [-0.25, -0.2) is 0 Å². The summed E-state index contributed by atoms with van der Waals surface area (Å²) < 4.78 is 0. The quantitative estimate of drug-likeness (QED) is 0.671. The van der Waals surface area contributed by atoms with Gasteiger partial charge in [0, 0.05) is 18.7 Å². The number of amides is 1. The minimum Gasteiger partial charge on any atom is -0.389 e. The first-order valence-corrected chi connectivity index (χ1v) is 5.13. The lowest BCUT2D eigenvalue weighted by atomic mass is 10.0. The molecular weight excluding hydrogens is 178 g/mol. The SMILES string of the molecule is O=C(C1=CC(O)CC=C1)N1CCCC1. The Bertz CT molecular complexity index is 288. The van der Waals surface area contributed by atoms with Gasteiger partial charge in [-0.15, -0.1) is 0 Å². The summed E-state index contributed by atoms with van der Waals surface area (Å²) in [5.41, 5.74) is 0.644. The van der Waals surface area contributed by atoms with Gasteiger partial charge < -0.3 is 10.0 Å². The van der Waals surface area contributed by atoms with Gasteiger partial charge in [-0.05, 0) is 25.3 Å². The van der Waals surface area contributed by atoms with E-state index in [4.69, 9.17) is 0 Å². The first-order valence-electron chi connectivity index (χ1n) is 5.13. The fourth-order valence-corrected chi connectivity index (χ4v) is 1.91. The van der Waals surface area contributed by atoms with Crippen LogP contribution in [0.5, 0.6) is 0 Å². The van der Waals surface area contributed by atoms with Crippen molar-refractivity contribution in [3.05, 3.63) is 23.8 Å². The Kier molecular flexibility index (Phi) is 2.68. The van der Waals surface area contributed by atoms with Gasteiger partial charge in [0.1, 0.15) is 0 Å². The summed E-state index contributed by atoms with van der Waals surface area (Å²) in [5.74, 6) is 0.0671. The zero-order valence-corrected chi connectivity index (χ0v) is 8.15. The number of likely N-dealkylation sites (tertiary alicyclic amines) is 1. The molecule has 1 atom stereocenters. The lowest BCUT2D eigenvalue weighted by molar-refractivity contribution is -0.125. The first kappa shape index (κ1) is 9.46. The van der Waals surface area contributed by atoms with E-state index in [2.05, 4.69) is 0 Å². The Morgan fingerprint density at radius 1 is 1.43 bits per heavy atom. The van der Waals surface area contributed by atoms with Crippen LogP contribution in [0.4, 0.5) is 0 Å². The van der Waals surface area contributed by atoms with Gasteiger partial charge in [0.2, 0.25) is 0 Å². The molecule has 14 heavy (non-hydrogen) atoms. The fourth-order valence-electron chi connectivity index (χ4n) is 1.91. The van der Waals surface area contributed by atoms with E-state index in [1.807, 2.05) is 17.1 Å². The molecule has 3 nitrogen and oxygen atoms in total. The van der Waals surface area contributed by atoms with Crippen LogP contribution in [-0.2, 0) is 4.79 Å². The maximum Gasteiger partial charge on any atom is 0.253 e. The largest absolute Gasteiger partial charge is 0.389 e. The Morgan fingerprint density at radius 3 is 2.79 bits per heavy atom. The Balaban J connectivity index is 2.06. The molecule has 2 aliphatic rings. The summed E-state index contributed by atoms with van der Waals surface area (Å²) in [5, 5.41) is 9.37. The number of aliphatic hydroxyl groups is 1. The number of carbonyl (C=O) groups is 1. The molecule has 1 amide bonds. The molecule has 0 aromatic heterocycles. The van der Waals surface area contributed by atoms with Gasteiger partial charge in [0.25, 0.3) is 5.91 Å². The van der Waals surface area contributed by atoms with E-state index in [0.29, 0.717) is 12.0 Å². The molecule has 0 aromatic rings. The minimum absolute atomic E-state index is 0.0671. The number of hydrogen-bond acceptors (Lipinski definition) is 2. The molecule has 1 saturated heterocycles. The molecule has 1 heterocycles. The molecule has 1 unspecified atom stereocenters. The molecule has 1 aliphatic heterocycles. The Hall–Kier alpha value is -1.09. The van der Waals surface area contributed by atoms with Crippen LogP contribution in [-0.4, -0.2) is 35.1 Å². The molecule has 1 N–H and O–H groups in total. The Labute approximate surface area is 83.7 Å². The first-order chi connectivity index (χ1) is 6.77. The van der Waals surface area contributed by atoms with E-state index in [1.54, 1.807) is 6.08 Å². The summed E-state index contributed by atoms with van der Waals surface area (Å²) in [4.78, 5) is 13.7. The monoisotopic (exact) mass is 193 g/mol. The molecule has 76 valence electrons. The minimum atomic E-state index is -0.485. The summed E-state index contributed by atoms with van der Waals surface area (Å²) in [6.45, 7) is 1.72. The third-order valence-corrected chi connectivity index (χ3v) is 2.69. The zero-order chi connectivity index (χ0) is 9.97. The maximum atomic E-state index is 11.8. The highest BCUT2D eigenvalue weighted by Gasteiger charge is 2.21. The van der Waals surface area contributed by atoms with E-state index in [9.17, 15) is 9.90 Å². The van der Waals surface area contributed by atoms with Crippen LogP contribution in [0.2, 0.25) is 0 Å². The molecule has 0 saturated carbocycles. The number of rotatable bonds is 1. The number of carbonyl (C=O) groups excluding carboxylic acids is 1. The van der Waals surface area contributed by atoms with Crippen LogP contribution >= 0.6 is 0 Å². The summed E-state index contributed by atoms with van der Waals surface area (Å²) in [7, 11) is 0. The van der Waals surface area contributed by atoms with Crippen molar-refractivity contribution in [1.82, 2.24) is 4.90 Å². The maximum absolute atomic E-state index is 11.8. The predicted molar refractivity (Wildman–Crippen MR) is 53.7 cm³/mol. The highest BCUT2D eigenvalue weighted by molar-refractivity contribution is 5.96. The normalized spacial score (nSPS) is 26.5. The molecule has 1 fully saturated rings. The summed E-state index contributed by atoms with van der Waals surface area (Å²) in [6, 6.07) is 0. The fraction of sp³-hybridized carbons (Fsp3) is 0.545. The van der Waals surface area contributed by atoms with E-state index >= 15 is 0 Å². The molecular formula is C11H15NO2. The average molecular weight is 193 g/mol. The number of nitrogens with zero attached hydrogens (tertiary/aromatic N) is 1. The van der Waals surface area contributed by atoms with Crippen molar-refractivity contribution in [2.45, 2.75) is 25.4 Å². The van der Waals surface area contributed by atoms with Crippen molar-refractivity contribution >= 4 is 5.91 Å². The standard InChI is InChI=1S/C11H15NO2/c13-10-5-3-4-9(8-10)11(14)12-6-1-2-7-12/h3-4,8,10,13H,1-2,5-7H2. The van der Waals surface area contributed by atoms with E-state index < -0.39 is 6.10 Å². The topological polar surface area (TPSA) is 40.5 Å². The molecule has 0 bridgehead atoms. The average Bonchev–Trinajstić information content (AvgIpc) is 2.69. The molecule has 0 radical (unpaired) electrons. The third-order valence-electron chi connectivity index (χ3n) is 2.69. The van der Waals surface area contributed by atoms with E-state index in [0.717, 1.165) is 25.9 Å². The summed E-state index contributed by atoms with van der Waals surface area (Å²) in [6.07, 6.45) is 7.66. The smallest absolute Gasteiger partial charge is 0.253 e. The number of aliphatic hydroxyl groups excluding tert-OH is 1. The van der Waals surface area contributed by atoms with Gasteiger partial charge in [-0.3, -0.25) is 4.79 Å². The van der Waals surface area contributed by atoms with Crippen molar-refractivity contribution in [3.8, 4) is 0 Å². The number of hydrogen-bond donors (Lipinski definition) is 1. The lowest BCUT2D eigenvalue weighted by Gasteiger charge is -2.18. The Morgan fingerprint density at radius 2 is 2.14 bits per heavy atom.